The molecule has 5 amide bonds. The maximum atomic E-state index is 14.5. The second kappa shape index (κ2) is 14.6. The molecule has 1 heterocycles. The molecule has 282 valence electrons. The van der Waals surface area contributed by atoms with Crippen LogP contribution in [0.25, 0.3) is 0 Å². The largest absolute Gasteiger partial charge is 0.349 e. The van der Waals surface area contributed by atoms with Gasteiger partial charge in [0.15, 0.2) is 9.84 Å². The summed E-state index contributed by atoms with van der Waals surface area (Å²) in [6.07, 6.45) is 7.91. The molecule has 13 heteroatoms. The Kier molecular flexibility index (Phi) is 11.6. The van der Waals surface area contributed by atoms with E-state index in [0.717, 1.165) is 32.1 Å². The van der Waals surface area contributed by atoms with Crippen LogP contribution in [0.1, 0.15) is 113 Å². The minimum Gasteiger partial charge on any atom is -0.349 e. The molecule has 4 rings (SSSR count). The van der Waals surface area contributed by atoms with Crippen LogP contribution in [0, 0.1) is 28.6 Å². The van der Waals surface area contributed by atoms with E-state index in [9.17, 15) is 32.4 Å². The number of rotatable bonds is 14. The van der Waals surface area contributed by atoms with Gasteiger partial charge in [0.1, 0.15) is 12.1 Å². The van der Waals surface area contributed by atoms with Gasteiger partial charge in [-0.1, -0.05) is 72.8 Å². The van der Waals surface area contributed by atoms with Crippen LogP contribution < -0.4 is 21.3 Å². The predicted molar refractivity (Wildman–Crippen MR) is 193 cm³/mol. The van der Waals surface area contributed by atoms with Crippen LogP contribution in [-0.2, 0) is 29.0 Å². The van der Waals surface area contributed by atoms with E-state index < -0.39 is 73.2 Å². The van der Waals surface area contributed by atoms with Crippen molar-refractivity contribution in [2.75, 3.05) is 18.8 Å². The number of hydrogen-bond donors (Lipinski definition) is 4. The fourth-order valence-electron chi connectivity index (χ4n) is 7.86. The Balaban J connectivity index is 1.54. The second-order valence-corrected chi connectivity index (χ2v) is 20.7. The first kappa shape index (κ1) is 39.8. The Bertz CT molecular complexity index is 1450. The zero-order chi connectivity index (χ0) is 37.4. The quantitative estimate of drug-likeness (QED) is 0.121. The van der Waals surface area contributed by atoms with Crippen molar-refractivity contribution in [3.8, 4) is 0 Å². The van der Waals surface area contributed by atoms with Gasteiger partial charge in [0.25, 0.3) is 5.91 Å². The first-order valence-electron chi connectivity index (χ1n) is 18.4. The molecule has 0 radical (unpaired) electrons. The first-order valence-corrected chi connectivity index (χ1v) is 20.0. The fraction of sp³-hybridized carbons (Fsp3) is 0.811. The molecule has 4 aliphatic rings. The van der Waals surface area contributed by atoms with Gasteiger partial charge in [0.05, 0.1) is 22.1 Å². The number of carbonyl (C=O) groups is 5. The van der Waals surface area contributed by atoms with Crippen LogP contribution in [0.15, 0.2) is 12.7 Å². The number of Topliss-reactive ketones (excluding diaryl/α,β-unsaturated/α-hetero) is 1. The highest BCUT2D eigenvalue weighted by atomic mass is 32.2. The SMILES string of the molecule is C=CCCNC(=O)C(=O)C(CC1CC1)NC(=O)[C@@H]1[C@@H]2C(CN1C(=O)[C@@H](NC(=O)NC1(CS(=O)(=O)C(C)(C)C)CCCCC1)C(C)(C)C)C2(C)C. The number of ketones is 1. The number of hydrogen-bond acceptors (Lipinski definition) is 7. The van der Waals surface area contributed by atoms with Crippen molar-refractivity contribution in [3.05, 3.63) is 12.7 Å². The lowest BCUT2D eigenvalue weighted by Crippen LogP contribution is -2.64. The van der Waals surface area contributed by atoms with E-state index in [2.05, 4.69) is 41.7 Å². The summed E-state index contributed by atoms with van der Waals surface area (Å²) in [4.78, 5) is 69.9. The van der Waals surface area contributed by atoms with Crippen molar-refractivity contribution in [2.24, 2.45) is 28.6 Å². The van der Waals surface area contributed by atoms with Crippen LogP contribution in [0.4, 0.5) is 4.79 Å². The van der Waals surface area contributed by atoms with Gasteiger partial charge in [-0.3, -0.25) is 19.2 Å². The number of fused-ring (bicyclic) bond motifs is 1. The van der Waals surface area contributed by atoms with Crippen LogP contribution in [-0.4, -0.2) is 90.1 Å². The van der Waals surface area contributed by atoms with E-state index in [1.807, 2.05) is 20.8 Å². The van der Waals surface area contributed by atoms with Crippen molar-refractivity contribution >= 4 is 39.4 Å². The normalized spacial score (nSPS) is 25.4. The van der Waals surface area contributed by atoms with Crippen molar-refractivity contribution in [1.29, 1.82) is 0 Å². The first-order chi connectivity index (χ1) is 23.0. The fourth-order valence-corrected chi connectivity index (χ4v) is 9.38. The van der Waals surface area contributed by atoms with Gasteiger partial charge in [-0.15, -0.1) is 6.58 Å². The Morgan fingerprint density at radius 2 is 1.58 bits per heavy atom. The zero-order valence-corrected chi connectivity index (χ0v) is 32.3. The molecule has 0 aromatic heterocycles. The van der Waals surface area contributed by atoms with E-state index >= 15 is 0 Å². The summed E-state index contributed by atoms with van der Waals surface area (Å²) >= 11 is 0. The molecule has 4 fully saturated rings. The predicted octanol–water partition coefficient (Wildman–Crippen LogP) is 3.65. The molecular weight excluding hydrogens is 659 g/mol. The van der Waals surface area contributed by atoms with Crippen LogP contribution >= 0.6 is 0 Å². The molecule has 0 bridgehead atoms. The Morgan fingerprint density at radius 3 is 2.12 bits per heavy atom. The molecular formula is C37H61N5O7S. The molecule has 1 saturated heterocycles. The van der Waals surface area contributed by atoms with Gasteiger partial charge in [0, 0.05) is 13.1 Å². The molecule has 0 aromatic rings. The number of likely N-dealkylation sites (tertiary alicyclic amines) is 1. The third-order valence-corrected chi connectivity index (χ3v) is 14.3. The standard InChI is InChI=1S/C37H61N5O7S/c1-10-11-19-38-31(45)28(43)25(20-23-15-16-23)39-30(44)27-26-24(36(26,8)9)21-42(27)32(46)29(34(2,3)4)40-33(47)41-37(17-13-12-14-18-37)22-50(48,49)35(5,6)7/h10,23-27,29H,1,11-22H2,2-9H3,(H,38,45)(H,39,44)(H2,40,41,47)/t24?,25?,26-,27-,29+/m0/s1. The summed E-state index contributed by atoms with van der Waals surface area (Å²) in [6.45, 7) is 18.8. The zero-order valence-electron chi connectivity index (χ0n) is 31.4. The lowest BCUT2D eigenvalue weighted by molar-refractivity contribution is -0.145. The Labute approximate surface area is 299 Å². The molecule has 0 spiro atoms. The van der Waals surface area contributed by atoms with Crippen LogP contribution in [0.2, 0.25) is 0 Å². The van der Waals surface area contributed by atoms with Gasteiger partial charge < -0.3 is 26.2 Å². The van der Waals surface area contributed by atoms with Crippen molar-refractivity contribution in [1.82, 2.24) is 26.2 Å². The molecule has 2 unspecified atom stereocenters. The highest BCUT2D eigenvalue weighted by Gasteiger charge is 2.70. The summed E-state index contributed by atoms with van der Waals surface area (Å²) < 4.78 is 25.6. The van der Waals surface area contributed by atoms with E-state index in [-0.39, 0.29) is 35.5 Å². The van der Waals surface area contributed by atoms with Crippen molar-refractivity contribution in [2.45, 2.75) is 142 Å². The lowest BCUT2D eigenvalue weighted by Gasteiger charge is -2.41. The number of amides is 5. The van der Waals surface area contributed by atoms with E-state index in [0.29, 0.717) is 32.2 Å². The van der Waals surface area contributed by atoms with Crippen molar-refractivity contribution < 1.29 is 32.4 Å². The van der Waals surface area contributed by atoms with E-state index in [1.54, 1.807) is 26.8 Å². The average molecular weight is 720 g/mol. The van der Waals surface area contributed by atoms with Gasteiger partial charge in [-0.05, 0) is 75.0 Å². The smallest absolute Gasteiger partial charge is 0.315 e. The molecule has 50 heavy (non-hydrogen) atoms. The highest BCUT2D eigenvalue weighted by molar-refractivity contribution is 7.92. The minimum absolute atomic E-state index is 0.0598. The van der Waals surface area contributed by atoms with Gasteiger partial charge in [0.2, 0.25) is 17.6 Å². The minimum atomic E-state index is -3.56. The lowest BCUT2D eigenvalue weighted by atomic mass is 9.83. The van der Waals surface area contributed by atoms with Gasteiger partial charge in [-0.2, -0.15) is 0 Å². The van der Waals surface area contributed by atoms with Crippen molar-refractivity contribution in [3.63, 3.8) is 0 Å². The topological polar surface area (TPSA) is 171 Å². The summed E-state index contributed by atoms with van der Waals surface area (Å²) in [6, 6.07) is -3.53. The second-order valence-electron chi connectivity index (χ2n) is 17.9. The number of piperidine rings is 1. The maximum absolute atomic E-state index is 14.5. The molecule has 3 aliphatic carbocycles. The molecule has 12 nitrogen and oxygen atoms in total. The number of carbonyl (C=O) groups excluding carboxylic acids is 5. The highest BCUT2D eigenvalue weighted by Crippen LogP contribution is 2.65. The summed E-state index contributed by atoms with van der Waals surface area (Å²) in [5, 5.41) is 11.4. The number of urea groups is 1. The van der Waals surface area contributed by atoms with Crippen LogP contribution in [0.5, 0.6) is 0 Å². The van der Waals surface area contributed by atoms with E-state index in [1.165, 1.54) is 4.90 Å². The molecule has 1 aliphatic heterocycles. The number of sulfone groups is 1. The number of nitrogens with zero attached hydrogens (tertiary/aromatic N) is 1. The Morgan fingerprint density at radius 1 is 0.960 bits per heavy atom. The summed E-state index contributed by atoms with van der Waals surface area (Å²) in [7, 11) is -3.56. The van der Waals surface area contributed by atoms with E-state index in [4.69, 9.17) is 0 Å². The molecule has 4 N–H and O–H groups in total. The summed E-state index contributed by atoms with van der Waals surface area (Å²) in [5.74, 6) is -2.37. The Hall–Kier alpha value is -2.96. The number of nitrogens with one attached hydrogen (secondary N) is 4. The molecule has 0 aromatic carbocycles. The van der Waals surface area contributed by atoms with Gasteiger partial charge in [-0.25, -0.2) is 13.2 Å². The monoisotopic (exact) mass is 719 g/mol. The molecule has 3 saturated carbocycles. The van der Waals surface area contributed by atoms with Gasteiger partial charge >= 0.3 is 6.03 Å². The maximum Gasteiger partial charge on any atom is 0.315 e. The summed E-state index contributed by atoms with van der Waals surface area (Å²) in [5.41, 5.74) is -1.92. The molecule has 5 atom stereocenters. The van der Waals surface area contributed by atoms with Crippen LogP contribution in [0.3, 0.4) is 0 Å². The average Bonchev–Trinajstić information content (AvgIpc) is 3.85. The third-order valence-electron chi connectivity index (χ3n) is 11.5. The third kappa shape index (κ3) is 8.91.